The second kappa shape index (κ2) is 10.5. The fourth-order valence-electron chi connectivity index (χ4n) is 6.52. The first-order valence-corrected chi connectivity index (χ1v) is 13.4. The van der Waals surface area contributed by atoms with Gasteiger partial charge in [0, 0.05) is 25.4 Å². The van der Waals surface area contributed by atoms with E-state index in [0.29, 0.717) is 24.0 Å². The Bertz CT molecular complexity index is 1060. The van der Waals surface area contributed by atoms with Gasteiger partial charge in [-0.2, -0.15) is 0 Å². The SMILES string of the molecule is CCOc1ccc(NC(=O)[C@@H]2[C@@H]3C=C[C@]4(O3)[C@@H]2C(=O)N(CCOC)[C@H]4C(=O)N[C@H]2CCCC[C@H]2C)cc1. The third-order valence-electron chi connectivity index (χ3n) is 8.33. The number of hydrogen-bond donors (Lipinski definition) is 2. The molecule has 2 saturated heterocycles. The second-order valence-electron chi connectivity index (χ2n) is 10.5. The van der Waals surface area contributed by atoms with Crippen molar-refractivity contribution in [3.63, 3.8) is 0 Å². The molecule has 2 bridgehead atoms. The van der Waals surface area contributed by atoms with Gasteiger partial charge in [0.05, 0.1) is 31.2 Å². The lowest BCUT2D eigenvalue weighted by atomic mass is 9.74. The van der Waals surface area contributed by atoms with E-state index in [0.717, 1.165) is 19.3 Å². The molecule has 9 heteroatoms. The summed E-state index contributed by atoms with van der Waals surface area (Å²) in [7, 11) is 1.56. The van der Waals surface area contributed by atoms with E-state index < -0.39 is 29.6 Å². The smallest absolute Gasteiger partial charge is 0.246 e. The van der Waals surface area contributed by atoms with Gasteiger partial charge >= 0.3 is 0 Å². The molecule has 7 atom stereocenters. The standard InChI is InChI=1S/C28H37N3O6/c1-4-36-19-11-9-18(10-12-19)29-25(32)22-21-13-14-28(37-21)23(22)27(34)31(15-16-35-3)24(28)26(33)30-20-8-6-5-7-17(20)2/h9-14,17,20-24H,4-8,15-16H2,1-3H3,(H,29,32)(H,30,33)/t17-,20+,21+,22-,23+,24+,28+/m1/s1. The number of rotatable bonds is 9. The molecule has 37 heavy (non-hydrogen) atoms. The van der Waals surface area contributed by atoms with E-state index in [1.165, 1.54) is 6.42 Å². The molecule has 3 aliphatic heterocycles. The van der Waals surface area contributed by atoms with Crippen LogP contribution in [-0.2, 0) is 23.9 Å². The fourth-order valence-corrected chi connectivity index (χ4v) is 6.52. The van der Waals surface area contributed by atoms with E-state index in [1.54, 1.807) is 36.3 Å². The van der Waals surface area contributed by atoms with Gasteiger partial charge < -0.3 is 29.7 Å². The van der Waals surface area contributed by atoms with Gasteiger partial charge in [-0.3, -0.25) is 14.4 Å². The molecule has 5 rings (SSSR count). The molecule has 1 spiro atoms. The molecule has 1 aromatic rings. The van der Waals surface area contributed by atoms with Gasteiger partial charge in [0.25, 0.3) is 0 Å². The first-order valence-electron chi connectivity index (χ1n) is 13.4. The Labute approximate surface area is 217 Å². The van der Waals surface area contributed by atoms with Crippen LogP contribution in [0.15, 0.2) is 36.4 Å². The van der Waals surface area contributed by atoms with Crippen LogP contribution in [0.2, 0.25) is 0 Å². The van der Waals surface area contributed by atoms with Gasteiger partial charge in [-0.25, -0.2) is 0 Å². The summed E-state index contributed by atoms with van der Waals surface area (Å²) >= 11 is 0. The van der Waals surface area contributed by atoms with Gasteiger partial charge in [-0.1, -0.05) is 31.9 Å². The summed E-state index contributed by atoms with van der Waals surface area (Å²) in [5.74, 6) is -1.18. The predicted molar refractivity (Wildman–Crippen MR) is 137 cm³/mol. The molecule has 3 fully saturated rings. The van der Waals surface area contributed by atoms with Crippen molar-refractivity contribution in [1.29, 1.82) is 0 Å². The molecule has 4 aliphatic rings. The number of carbonyl (C=O) groups is 3. The first-order chi connectivity index (χ1) is 17.9. The summed E-state index contributed by atoms with van der Waals surface area (Å²) in [5, 5.41) is 6.16. The second-order valence-corrected chi connectivity index (χ2v) is 10.5. The van der Waals surface area contributed by atoms with Crippen LogP contribution in [0.4, 0.5) is 5.69 Å². The first kappa shape index (κ1) is 25.7. The molecular weight excluding hydrogens is 474 g/mol. The Morgan fingerprint density at radius 2 is 1.92 bits per heavy atom. The van der Waals surface area contributed by atoms with Crippen molar-refractivity contribution in [2.45, 2.75) is 63.3 Å². The van der Waals surface area contributed by atoms with Crippen LogP contribution in [0.25, 0.3) is 0 Å². The maximum absolute atomic E-state index is 13.8. The predicted octanol–water partition coefficient (Wildman–Crippen LogP) is 2.52. The molecule has 1 aromatic carbocycles. The van der Waals surface area contributed by atoms with Crippen LogP contribution in [0.1, 0.15) is 39.5 Å². The minimum Gasteiger partial charge on any atom is -0.494 e. The topological polar surface area (TPSA) is 106 Å². The van der Waals surface area contributed by atoms with Gasteiger partial charge in [0.1, 0.15) is 17.4 Å². The van der Waals surface area contributed by atoms with Crippen LogP contribution in [0.5, 0.6) is 5.75 Å². The number of anilines is 1. The maximum atomic E-state index is 13.8. The van der Waals surface area contributed by atoms with Gasteiger partial charge in [0.2, 0.25) is 17.7 Å². The van der Waals surface area contributed by atoms with Gasteiger partial charge in [-0.05, 0) is 49.9 Å². The zero-order valence-corrected chi connectivity index (χ0v) is 21.8. The van der Waals surface area contributed by atoms with Crippen LogP contribution >= 0.6 is 0 Å². The molecule has 1 aliphatic carbocycles. The number of amides is 3. The van der Waals surface area contributed by atoms with Crippen LogP contribution in [-0.4, -0.2) is 73.3 Å². The summed E-state index contributed by atoms with van der Waals surface area (Å²) < 4.78 is 17.1. The number of nitrogens with zero attached hydrogens (tertiary/aromatic N) is 1. The zero-order chi connectivity index (χ0) is 26.2. The summed E-state index contributed by atoms with van der Waals surface area (Å²) in [6.45, 7) is 5.16. The minimum atomic E-state index is -1.17. The Balaban J connectivity index is 1.39. The van der Waals surface area contributed by atoms with Crippen molar-refractivity contribution in [2.24, 2.45) is 17.8 Å². The lowest BCUT2D eigenvalue weighted by Crippen LogP contribution is -2.57. The van der Waals surface area contributed by atoms with Gasteiger partial charge in [-0.15, -0.1) is 0 Å². The van der Waals surface area contributed by atoms with E-state index in [2.05, 4.69) is 17.6 Å². The van der Waals surface area contributed by atoms with E-state index in [1.807, 2.05) is 19.1 Å². The minimum absolute atomic E-state index is 0.0671. The average Bonchev–Trinajstić information content (AvgIpc) is 3.53. The Hall–Kier alpha value is -2.91. The highest BCUT2D eigenvalue weighted by atomic mass is 16.5. The monoisotopic (exact) mass is 511 g/mol. The number of fused-ring (bicyclic) bond motifs is 1. The normalized spacial score (nSPS) is 33.9. The zero-order valence-electron chi connectivity index (χ0n) is 21.8. The molecule has 2 N–H and O–H groups in total. The number of nitrogens with one attached hydrogen (secondary N) is 2. The van der Waals surface area contributed by atoms with Crippen LogP contribution in [0, 0.1) is 17.8 Å². The molecule has 9 nitrogen and oxygen atoms in total. The number of carbonyl (C=O) groups excluding carboxylic acids is 3. The molecule has 1 saturated carbocycles. The third-order valence-corrected chi connectivity index (χ3v) is 8.33. The number of hydrogen-bond acceptors (Lipinski definition) is 6. The van der Waals surface area contributed by atoms with E-state index in [4.69, 9.17) is 14.2 Å². The van der Waals surface area contributed by atoms with Crippen molar-refractivity contribution < 1.29 is 28.6 Å². The van der Waals surface area contributed by atoms with E-state index in [-0.39, 0.29) is 36.9 Å². The molecule has 3 amide bonds. The largest absolute Gasteiger partial charge is 0.494 e. The summed E-state index contributed by atoms with van der Waals surface area (Å²) in [6, 6.07) is 6.34. The lowest BCUT2D eigenvalue weighted by molar-refractivity contribution is -0.142. The van der Waals surface area contributed by atoms with Crippen molar-refractivity contribution in [2.75, 3.05) is 32.2 Å². The van der Waals surface area contributed by atoms with Crippen LogP contribution in [0.3, 0.4) is 0 Å². The molecule has 0 unspecified atom stereocenters. The molecule has 0 radical (unpaired) electrons. The van der Waals surface area contributed by atoms with Gasteiger partial charge in [0.15, 0.2) is 0 Å². The highest BCUT2D eigenvalue weighted by Gasteiger charge is 2.72. The third kappa shape index (κ3) is 4.52. The average molecular weight is 512 g/mol. The number of methoxy groups -OCH3 is 1. The van der Waals surface area contributed by atoms with Crippen molar-refractivity contribution in [3.05, 3.63) is 36.4 Å². The van der Waals surface area contributed by atoms with Crippen molar-refractivity contribution in [3.8, 4) is 5.75 Å². The highest BCUT2D eigenvalue weighted by Crippen LogP contribution is 2.55. The molecule has 3 heterocycles. The molecule has 0 aromatic heterocycles. The summed E-state index contributed by atoms with van der Waals surface area (Å²) in [4.78, 5) is 42.7. The Morgan fingerprint density at radius 3 is 2.62 bits per heavy atom. The van der Waals surface area contributed by atoms with E-state index >= 15 is 0 Å². The van der Waals surface area contributed by atoms with E-state index in [9.17, 15) is 14.4 Å². The lowest BCUT2D eigenvalue weighted by Gasteiger charge is -2.35. The Kier molecular flexibility index (Phi) is 7.27. The fraction of sp³-hybridized carbons (Fsp3) is 0.607. The number of likely N-dealkylation sites (tertiary alicyclic amines) is 1. The highest BCUT2D eigenvalue weighted by molar-refractivity contribution is 6.02. The number of benzene rings is 1. The quantitative estimate of drug-likeness (QED) is 0.494. The Morgan fingerprint density at radius 1 is 1.16 bits per heavy atom. The number of ether oxygens (including phenoxy) is 3. The van der Waals surface area contributed by atoms with Crippen molar-refractivity contribution >= 4 is 23.4 Å². The summed E-state index contributed by atoms with van der Waals surface area (Å²) in [5.41, 5.74) is -0.560. The van der Waals surface area contributed by atoms with Crippen molar-refractivity contribution in [1.82, 2.24) is 10.2 Å². The van der Waals surface area contributed by atoms with Crippen LogP contribution < -0.4 is 15.4 Å². The molecule has 200 valence electrons. The molecular formula is C28H37N3O6. The summed E-state index contributed by atoms with van der Waals surface area (Å²) in [6.07, 6.45) is 7.34. The maximum Gasteiger partial charge on any atom is 0.246 e.